The highest BCUT2D eigenvalue weighted by Crippen LogP contribution is 2.35. The van der Waals surface area contributed by atoms with Gasteiger partial charge < -0.3 is 9.64 Å². The van der Waals surface area contributed by atoms with Crippen LogP contribution in [0.2, 0.25) is 0 Å². The summed E-state index contributed by atoms with van der Waals surface area (Å²) < 4.78 is 33.4. The van der Waals surface area contributed by atoms with Gasteiger partial charge in [0.2, 0.25) is 15.9 Å². The van der Waals surface area contributed by atoms with E-state index in [2.05, 4.69) is 13.8 Å². The van der Waals surface area contributed by atoms with Crippen molar-refractivity contribution in [1.29, 1.82) is 0 Å². The third kappa shape index (κ3) is 4.57. The molecule has 2 fully saturated rings. The van der Waals surface area contributed by atoms with Crippen LogP contribution in [0.4, 0.5) is 5.69 Å². The number of carbonyl (C=O) groups is 2. The van der Waals surface area contributed by atoms with Crippen molar-refractivity contribution in [1.82, 2.24) is 9.21 Å². The largest absolute Gasteiger partial charge is 0.482 e. The van der Waals surface area contributed by atoms with Crippen LogP contribution in [-0.2, 0) is 19.6 Å². The molecular weight excluding hydrogens is 418 g/mol. The first-order chi connectivity index (χ1) is 14.8. The Morgan fingerprint density at radius 3 is 2.29 bits per heavy atom. The number of rotatable bonds is 4. The number of carbonyl (C=O) groups excluding carboxylic acids is 2. The summed E-state index contributed by atoms with van der Waals surface area (Å²) in [5.74, 6) is 1.07. The maximum absolute atomic E-state index is 13.2. The van der Waals surface area contributed by atoms with E-state index >= 15 is 0 Å². The van der Waals surface area contributed by atoms with Crippen LogP contribution in [0.3, 0.4) is 0 Å². The molecule has 1 aromatic rings. The predicted octanol–water partition coefficient (Wildman–Crippen LogP) is 2.09. The number of likely N-dealkylation sites (tertiary alicyclic amines) is 1. The lowest BCUT2D eigenvalue weighted by atomic mass is 9.99. The minimum atomic E-state index is -3.67. The van der Waals surface area contributed by atoms with E-state index in [9.17, 15) is 18.0 Å². The van der Waals surface area contributed by atoms with Gasteiger partial charge in [-0.25, -0.2) is 8.42 Å². The summed E-state index contributed by atoms with van der Waals surface area (Å²) in [6.45, 7) is 6.40. The number of nitrogens with zero attached hydrogens (tertiary/aromatic N) is 3. The number of benzene rings is 1. The standard InChI is InChI=1S/C22H31N3O5S/c1-16-5-9-23(10-6-16)21(26)14-25-19-13-18(3-4-20(19)30-15-22(25)27)31(28,29)24-11-7-17(2)8-12-24/h3-4,13,16-17H,5-12,14-15H2,1-2H3. The van der Waals surface area contributed by atoms with E-state index in [1.54, 1.807) is 11.0 Å². The van der Waals surface area contributed by atoms with Crippen LogP contribution >= 0.6 is 0 Å². The quantitative estimate of drug-likeness (QED) is 0.703. The van der Waals surface area contributed by atoms with E-state index in [-0.39, 0.29) is 29.9 Å². The van der Waals surface area contributed by atoms with E-state index in [1.807, 2.05) is 0 Å². The van der Waals surface area contributed by atoms with Gasteiger partial charge in [-0.15, -0.1) is 0 Å². The summed E-state index contributed by atoms with van der Waals surface area (Å²) in [6, 6.07) is 4.58. The van der Waals surface area contributed by atoms with Crippen LogP contribution in [0.5, 0.6) is 5.75 Å². The van der Waals surface area contributed by atoms with E-state index in [1.165, 1.54) is 21.3 Å². The Kier molecular flexibility index (Phi) is 6.25. The lowest BCUT2D eigenvalue weighted by Gasteiger charge is -2.34. The molecule has 0 N–H and O–H groups in total. The number of ether oxygens (including phenoxy) is 1. The molecule has 0 saturated carbocycles. The van der Waals surface area contributed by atoms with Crippen molar-refractivity contribution in [2.24, 2.45) is 11.8 Å². The maximum Gasteiger partial charge on any atom is 0.265 e. The van der Waals surface area contributed by atoms with Crippen LogP contribution in [0.15, 0.2) is 23.1 Å². The van der Waals surface area contributed by atoms with Gasteiger partial charge in [-0.3, -0.25) is 14.5 Å². The highest BCUT2D eigenvalue weighted by Gasteiger charge is 2.33. The normalized spacial score (nSPS) is 21.7. The third-order valence-electron chi connectivity index (χ3n) is 6.68. The molecule has 3 aliphatic rings. The minimum absolute atomic E-state index is 0.103. The highest BCUT2D eigenvalue weighted by atomic mass is 32.2. The first-order valence-corrected chi connectivity index (χ1v) is 12.5. The van der Waals surface area contributed by atoms with Gasteiger partial charge in [0.15, 0.2) is 6.61 Å². The molecule has 3 heterocycles. The number of fused-ring (bicyclic) bond motifs is 1. The smallest absolute Gasteiger partial charge is 0.265 e. The molecule has 2 saturated heterocycles. The lowest BCUT2D eigenvalue weighted by Crippen LogP contribution is -2.48. The van der Waals surface area contributed by atoms with Crippen LogP contribution in [0.1, 0.15) is 39.5 Å². The first kappa shape index (κ1) is 22.1. The number of hydrogen-bond acceptors (Lipinski definition) is 5. The van der Waals surface area contributed by atoms with Crippen LogP contribution in [-0.4, -0.2) is 68.8 Å². The van der Waals surface area contributed by atoms with E-state index < -0.39 is 10.0 Å². The molecule has 0 bridgehead atoms. The summed E-state index contributed by atoms with van der Waals surface area (Å²) >= 11 is 0. The van der Waals surface area contributed by atoms with Crippen molar-refractivity contribution in [3.8, 4) is 5.75 Å². The van der Waals surface area contributed by atoms with Crippen molar-refractivity contribution in [3.05, 3.63) is 18.2 Å². The Labute approximate surface area is 184 Å². The lowest BCUT2D eigenvalue weighted by molar-refractivity contribution is -0.133. The van der Waals surface area contributed by atoms with E-state index in [0.29, 0.717) is 49.5 Å². The molecule has 8 nitrogen and oxygen atoms in total. The fourth-order valence-electron chi connectivity index (χ4n) is 4.38. The van der Waals surface area contributed by atoms with Crippen molar-refractivity contribution in [2.75, 3.05) is 44.2 Å². The summed E-state index contributed by atoms with van der Waals surface area (Å²) in [6.07, 6.45) is 3.58. The predicted molar refractivity (Wildman–Crippen MR) is 116 cm³/mol. The van der Waals surface area contributed by atoms with Crippen LogP contribution < -0.4 is 9.64 Å². The Morgan fingerprint density at radius 2 is 1.65 bits per heavy atom. The Bertz CT molecular complexity index is 948. The van der Waals surface area contributed by atoms with Crippen molar-refractivity contribution in [2.45, 2.75) is 44.4 Å². The Morgan fingerprint density at radius 1 is 1.03 bits per heavy atom. The van der Waals surface area contributed by atoms with Crippen LogP contribution in [0.25, 0.3) is 0 Å². The van der Waals surface area contributed by atoms with Gasteiger partial charge in [0, 0.05) is 26.2 Å². The summed E-state index contributed by atoms with van der Waals surface area (Å²) in [5, 5.41) is 0. The van der Waals surface area contributed by atoms with Gasteiger partial charge in [-0.2, -0.15) is 4.31 Å². The van der Waals surface area contributed by atoms with Gasteiger partial charge in [0.1, 0.15) is 12.3 Å². The van der Waals surface area contributed by atoms with Crippen molar-refractivity contribution >= 4 is 27.5 Å². The molecule has 0 unspecified atom stereocenters. The zero-order valence-corrected chi connectivity index (χ0v) is 19.1. The molecule has 4 rings (SSSR count). The fourth-order valence-corrected chi connectivity index (χ4v) is 5.87. The zero-order valence-electron chi connectivity index (χ0n) is 18.2. The van der Waals surface area contributed by atoms with Crippen LogP contribution in [0, 0.1) is 11.8 Å². The molecular formula is C22H31N3O5S. The average Bonchev–Trinajstić information content (AvgIpc) is 2.76. The second kappa shape index (κ2) is 8.78. The van der Waals surface area contributed by atoms with Gasteiger partial charge in [-0.1, -0.05) is 13.8 Å². The molecule has 9 heteroatoms. The number of amides is 2. The number of hydrogen-bond donors (Lipinski definition) is 0. The fraction of sp³-hybridized carbons (Fsp3) is 0.636. The Balaban J connectivity index is 1.57. The number of sulfonamides is 1. The van der Waals surface area contributed by atoms with Crippen molar-refractivity contribution in [3.63, 3.8) is 0 Å². The average molecular weight is 450 g/mol. The minimum Gasteiger partial charge on any atom is -0.482 e. The summed E-state index contributed by atoms with van der Waals surface area (Å²) in [5.41, 5.74) is 0.349. The summed E-state index contributed by atoms with van der Waals surface area (Å²) in [4.78, 5) is 28.7. The highest BCUT2D eigenvalue weighted by molar-refractivity contribution is 7.89. The molecule has 0 atom stereocenters. The number of piperidine rings is 2. The van der Waals surface area contributed by atoms with Gasteiger partial charge in [-0.05, 0) is 55.7 Å². The Hall–Kier alpha value is -2.13. The second-order valence-corrected chi connectivity index (χ2v) is 11.0. The first-order valence-electron chi connectivity index (χ1n) is 11.1. The van der Waals surface area contributed by atoms with Gasteiger partial charge in [0.25, 0.3) is 5.91 Å². The molecule has 0 aromatic heterocycles. The van der Waals surface area contributed by atoms with E-state index in [0.717, 1.165) is 25.7 Å². The summed E-state index contributed by atoms with van der Waals surface area (Å²) in [7, 11) is -3.67. The van der Waals surface area contributed by atoms with Crippen molar-refractivity contribution < 1.29 is 22.7 Å². The molecule has 0 spiro atoms. The van der Waals surface area contributed by atoms with Gasteiger partial charge in [0.05, 0.1) is 10.6 Å². The third-order valence-corrected chi connectivity index (χ3v) is 8.58. The SMILES string of the molecule is CC1CCN(C(=O)CN2C(=O)COc3ccc(S(=O)(=O)N4CCC(C)CC4)cc32)CC1. The molecule has 1 aromatic carbocycles. The molecule has 2 amide bonds. The van der Waals surface area contributed by atoms with Gasteiger partial charge >= 0.3 is 0 Å². The zero-order chi connectivity index (χ0) is 22.2. The molecule has 0 radical (unpaired) electrons. The monoisotopic (exact) mass is 449 g/mol. The molecule has 0 aliphatic carbocycles. The van der Waals surface area contributed by atoms with E-state index in [4.69, 9.17) is 4.74 Å². The molecule has 3 aliphatic heterocycles. The second-order valence-electron chi connectivity index (χ2n) is 9.05. The molecule has 31 heavy (non-hydrogen) atoms. The topological polar surface area (TPSA) is 87.2 Å². The number of anilines is 1. The maximum atomic E-state index is 13.2. The molecule has 170 valence electrons.